The molecular weight excluding hydrogens is 375 g/mol. The molecule has 1 aliphatic rings. The van der Waals surface area contributed by atoms with Crippen molar-refractivity contribution in [2.45, 2.75) is 19.8 Å². The first-order valence-corrected chi connectivity index (χ1v) is 7.34. The molecule has 1 fully saturated rings. The number of carboxylic acids is 1. The normalized spacial score (nSPS) is 17.8. The molecule has 0 bridgehead atoms. The summed E-state index contributed by atoms with van der Waals surface area (Å²) in [7, 11) is 0. The van der Waals surface area contributed by atoms with Crippen molar-refractivity contribution in [1.82, 2.24) is 0 Å². The molecule has 1 heterocycles. The van der Waals surface area contributed by atoms with Gasteiger partial charge >= 0.3 is 5.97 Å². The molecule has 0 aromatic heterocycles. The van der Waals surface area contributed by atoms with Gasteiger partial charge in [0, 0.05) is 22.7 Å². The van der Waals surface area contributed by atoms with Crippen molar-refractivity contribution < 1.29 is 14.8 Å². The first kappa shape index (κ1) is 15.0. The third-order valence-electron chi connectivity index (χ3n) is 3.86. The van der Waals surface area contributed by atoms with Gasteiger partial charge in [-0.2, -0.15) is 0 Å². The standard InChI is InChI=1S/C13H15IN2O4/c1-13(12(17)18)4-6-15(7-5-13)10-3-2-9(14)8-11(10)16(19)20/h2-3,8H,4-7H2,1H3,(H,17,18). The van der Waals surface area contributed by atoms with E-state index < -0.39 is 11.4 Å². The zero-order valence-electron chi connectivity index (χ0n) is 11.0. The molecule has 0 atom stereocenters. The topological polar surface area (TPSA) is 83.7 Å². The fourth-order valence-electron chi connectivity index (χ4n) is 2.37. The predicted molar refractivity (Wildman–Crippen MR) is 83.0 cm³/mol. The number of hydrogen-bond acceptors (Lipinski definition) is 4. The summed E-state index contributed by atoms with van der Waals surface area (Å²) in [5.41, 5.74) is -0.0761. The Hall–Kier alpha value is -1.38. The van der Waals surface area contributed by atoms with Crippen LogP contribution in [0.15, 0.2) is 18.2 Å². The second-order valence-electron chi connectivity index (χ2n) is 5.24. The van der Waals surface area contributed by atoms with Crippen molar-refractivity contribution in [2.24, 2.45) is 5.41 Å². The Balaban J connectivity index is 2.23. The summed E-state index contributed by atoms with van der Waals surface area (Å²) in [6, 6.07) is 5.11. The van der Waals surface area contributed by atoms with Gasteiger partial charge in [-0.3, -0.25) is 14.9 Å². The Morgan fingerprint density at radius 3 is 2.55 bits per heavy atom. The number of halogens is 1. The highest BCUT2D eigenvalue weighted by Crippen LogP contribution is 2.37. The lowest BCUT2D eigenvalue weighted by molar-refractivity contribution is -0.384. The molecule has 0 unspecified atom stereocenters. The minimum absolute atomic E-state index is 0.0795. The van der Waals surface area contributed by atoms with Crippen molar-refractivity contribution in [1.29, 1.82) is 0 Å². The van der Waals surface area contributed by atoms with E-state index in [1.165, 1.54) is 0 Å². The summed E-state index contributed by atoms with van der Waals surface area (Å²) < 4.78 is 0.811. The SMILES string of the molecule is CC1(C(=O)O)CCN(c2ccc(I)cc2[N+](=O)[O-])CC1. The van der Waals surface area contributed by atoms with Gasteiger partial charge in [-0.15, -0.1) is 0 Å². The van der Waals surface area contributed by atoms with Crippen LogP contribution in [0.4, 0.5) is 11.4 Å². The van der Waals surface area contributed by atoms with E-state index in [4.69, 9.17) is 0 Å². The van der Waals surface area contributed by atoms with Crippen LogP contribution in [0.1, 0.15) is 19.8 Å². The molecule has 1 N–H and O–H groups in total. The number of nitrogens with zero attached hydrogens (tertiary/aromatic N) is 2. The van der Waals surface area contributed by atoms with Crippen molar-refractivity contribution in [3.63, 3.8) is 0 Å². The first-order chi connectivity index (χ1) is 9.33. The first-order valence-electron chi connectivity index (χ1n) is 6.26. The second-order valence-corrected chi connectivity index (χ2v) is 6.49. The molecule has 1 aromatic carbocycles. The molecule has 0 amide bonds. The van der Waals surface area contributed by atoms with E-state index in [-0.39, 0.29) is 10.6 Å². The molecule has 1 saturated heterocycles. The van der Waals surface area contributed by atoms with Crippen molar-refractivity contribution in [3.05, 3.63) is 31.9 Å². The second kappa shape index (κ2) is 5.55. The lowest BCUT2D eigenvalue weighted by Crippen LogP contribution is -2.42. The maximum atomic E-state index is 11.2. The summed E-state index contributed by atoms with van der Waals surface area (Å²) in [6.07, 6.45) is 0.983. The molecule has 0 radical (unpaired) electrons. The van der Waals surface area contributed by atoms with Crippen LogP contribution in [0.2, 0.25) is 0 Å². The van der Waals surface area contributed by atoms with E-state index in [1.54, 1.807) is 19.1 Å². The van der Waals surface area contributed by atoms with E-state index in [1.807, 2.05) is 33.6 Å². The molecule has 0 saturated carbocycles. The van der Waals surface area contributed by atoms with Crippen LogP contribution in [0.3, 0.4) is 0 Å². The molecule has 7 heteroatoms. The number of hydrogen-bond donors (Lipinski definition) is 1. The number of anilines is 1. The molecule has 0 spiro atoms. The third kappa shape index (κ3) is 2.87. The third-order valence-corrected chi connectivity index (χ3v) is 4.53. The highest BCUT2D eigenvalue weighted by molar-refractivity contribution is 14.1. The smallest absolute Gasteiger partial charge is 0.309 e. The summed E-state index contributed by atoms with van der Waals surface area (Å²) in [5.74, 6) is -0.797. The fourth-order valence-corrected chi connectivity index (χ4v) is 2.84. The molecule has 2 rings (SSSR count). The van der Waals surface area contributed by atoms with Gasteiger partial charge < -0.3 is 10.0 Å². The van der Waals surface area contributed by atoms with Crippen LogP contribution in [-0.2, 0) is 4.79 Å². The lowest BCUT2D eigenvalue weighted by Gasteiger charge is -2.37. The summed E-state index contributed by atoms with van der Waals surface area (Å²) in [5, 5.41) is 20.3. The molecule has 0 aliphatic carbocycles. The highest BCUT2D eigenvalue weighted by atomic mass is 127. The maximum absolute atomic E-state index is 11.2. The average molecular weight is 390 g/mol. The van der Waals surface area contributed by atoms with E-state index >= 15 is 0 Å². The van der Waals surface area contributed by atoms with Gasteiger partial charge in [0.15, 0.2) is 0 Å². The van der Waals surface area contributed by atoms with E-state index in [0.29, 0.717) is 31.6 Å². The summed E-state index contributed by atoms with van der Waals surface area (Å²) in [6.45, 7) is 2.77. The quantitative estimate of drug-likeness (QED) is 0.488. The van der Waals surface area contributed by atoms with E-state index in [2.05, 4.69) is 0 Å². The molecular formula is C13H15IN2O4. The minimum atomic E-state index is -0.797. The van der Waals surface area contributed by atoms with Gasteiger partial charge in [0.1, 0.15) is 5.69 Å². The number of nitro benzene ring substituents is 1. The molecule has 20 heavy (non-hydrogen) atoms. The minimum Gasteiger partial charge on any atom is -0.481 e. The van der Waals surface area contributed by atoms with Crippen LogP contribution in [0, 0.1) is 19.1 Å². The van der Waals surface area contributed by atoms with Crippen molar-refractivity contribution in [2.75, 3.05) is 18.0 Å². The Kier molecular flexibility index (Phi) is 4.17. The Bertz CT molecular complexity index is 553. The molecule has 1 aliphatic heterocycles. The monoisotopic (exact) mass is 390 g/mol. The van der Waals surface area contributed by atoms with Crippen LogP contribution in [0.5, 0.6) is 0 Å². The number of nitro groups is 1. The largest absolute Gasteiger partial charge is 0.481 e. The van der Waals surface area contributed by atoms with E-state index in [0.717, 1.165) is 3.57 Å². The summed E-state index contributed by atoms with van der Waals surface area (Å²) in [4.78, 5) is 23.9. The van der Waals surface area contributed by atoms with Crippen LogP contribution < -0.4 is 4.90 Å². The molecule has 108 valence electrons. The van der Waals surface area contributed by atoms with Gasteiger partial charge in [-0.05, 0) is 54.5 Å². The number of piperidine rings is 1. The average Bonchev–Trinajstić information content (AvgIpc) is 2.39. The highest BCUT2D eigenvalue weighted by Gasteiger charge is 2.38. The van der Waals surface area contributed by atoms with Crippen LogP contribution in [0.25, 0.3) is 0 Å². The zero-order valence-corrected chi connectivity index (χ0v) is 13.2. The maximum Gasteiger partial charge on any atom is 0.309 e. The lowest BCUT2D eigenvalue weighted by atomic mass is 9.80. The number of aliphatic carboxylic acids is 1. The zero-order chi connectivity index (χ0) is 14.9. The fraction of sp³-hybridized carbons (Fsp3) is 0.462. The number of carboxylic acid groups (broad SMARTS) is 1. The molecule has 6 nitrogen and oxygen atoms in total. The van der Waals surface area contributed by atoms with E-state index in [9.17, 15) is 20.0 Å². The van der Waals surface area contributed by atoms with Gasteiger partial charge in [-0.25, -0.2) is 0 Å². The van der Waals surface area contributed by atoms with Gasteiger partial charge in [-0.1, -0.05) is 0 Å². The van der Waals surface area contributed by atoms with Crippen molar-refractivity contribution in [3.8, 4) is 0 Å². The predicted octanol–water partition coefficient (Wildman–Crippen LogP) is 2.89. The Labute approximate surface area is 130 Å². The number of carbonyl (C=O) groups is 1. The van der Waals surface area contributed by atoms with Gasteiger partial charge in [0.05, 0.1) is 10.3 Å². The van der Waals surface area contributed by atoms with Crippen LogP contribution in [-0.4, -0.2) is 29.1 Å². The summed E-state index contributed by atoms with van der Waals surface area (Å²) >= 11 is 2.04. The molecule has 1 aromatic rings. The Morgan fingerprint density at radius 2 is 2.05 bits per heavy atom. The number of benzene rings is 1. The van der Waals surface area contributed by atoms with Crippen LogP contribution >= 0.6 is 22.6 Å². The number of rotatable bonds is 3. The van der Waals surface area contributed by atoms with Crippen molar-refractivity contribution >= 4 is 39.9 Å². The van der Waals surface area contributed by atoms with Gasteiger partial charge in [0.2, 0.25) is 0 Å². The van der Waals surface area contributed by atoms with Gasteiger partial charge in [0.25, 0.3) is 5.69 Å². The Morgan fingerprint density at radius 1 is 1.45 bits per heavy atom.